The van der Waals surface area contributed by atoms with Crippen LogP contribution in [0.25, 0.3) is 10.9 Å². The van der Waals surface area contributed by atoms with Gasteiger partial charge in [0.2, 0.25) is 5.88 Å². The molecule has 3 aromatic rings. The summed E-state index contributed by atoms with van der Waals surface area (Å²) in [6.07, 6.45) is 0. The molecule has 7 heteroatoms. The molecule has 0 saturated heterocycles. The third-order valence-corrected chi connectivity index (χ3v) is 4.22. The van der Waals surface area contributed by atoms with Crippen molar-refractivity contribution in [2.75, 3.05) is 0 Å². The summed E-state index contributed by atoms with van der Waals surface area (Å²) in [7, 11) is 1.70. The molecule has 0 fully saturated rings. The van der Waals surface area contributed by atoms with E-state index in [2.05, 4.69) is 26.2 Å². The standard InChI is InChI=1S/C17H14BrN3O3/c1-9-3-5-13-11(7-9)15(17(24)21(13)2)19-20-16(23)12-8-10(18)4-6-14(12)22/h3-8,22,24H,1-2H3. The third kappa shape index (κ3) is 2.78. The van der Waals surface area contributed by atoms with Gasteiger partial charge in [-0.2, -0.15) is 0 Å². The van der Waals surface area contributed by atoms with Gasteiger partial charge >= 0.3 is 0 Å². The summed E-state index contributed by atoms with van der Waals surface area (Å²) in [5.41, 5.74) is 2.04. The number of azo groups is 1. The molecule has 0 aliphatic heterocycles. The number of hydrogen-bond donors (Lipinski definition) is 2. The van der Waals surface area contributed by atoms with Crippen LogP contribution in [0.15, 0.2) is 51.1 Å². The summed E-state index contributed by atoms with van der Waals surface area (Å²) in [4.78, 5) is 12.2. The molecule has 0 radical (unpaired) electrons. The molecule has 0 atom stereocenters. The lowest BCUT2D eigenvalue weighted by atomic mass is 10.1. The molecule has 2 aromatic carbocycles. The van der Waals surface area contributed by atoms with Crippen LogP contribution < -0.4 is 0 Å². The molecule has 3 rings (SSSR count). The van der Waals surface area contributed by atoms with Crippen molar-refractivity contribution in [3.63, 3.8) is 0 Å². The second kappa shape index (κ2) is 6.09. The van der Waals surface area contributed by atoms with Gasteiger partial charge in [-0.3, -0.25) is 4.79 Å². The average Bonchev–Trinajstić information content (AvgIpc) is 2.78. The van der Waals surface area contributed by atoms with E-state index in [1.54, 1.807) is 17.7 Å². The van der Waals surface area contributed by atoms with E-state index >= 15 is 0 Å². The second-order valence-electron chi connectivity index (χ2n) is 5.42. The molecule has 0 spiro atoms. The van der Waals surface area contributed by atoms with Crippen LogP contribution in [0.5, 0.6) is 11.6 Å². The average molecular weight is 388 g/mol. The molecule has 6 nitrogen and oxygen atoms in total. The molecule has 0 saturated carbocycles. The normalized spacial score (nSPS) is 11.5. The number of halogens is 1. The summed E-state index contributed by atoms with van der Waals surface area (Å²) in [5, 5.41) is 28.3. The first-order chi connectivity index (χ1) is 11.4. The van der Waals surface area contributed by atoms with E-state index in [-0.39, 0.29) is 22.9 Å². The quantitative estimate of drug-likeness (QED) is 0.630. The van der Waals surface area contributed by atoms with Crippen molar-refractivity contribution in [2.24, 2.45) is 17.3 Å². The zero-order valence-electron chi connectivity index (χ0n) is 13.0. The van der Waals surface area contributed by atoms with Crippen molar-refractivity contribution in [2.45, 2.75) is 6.92 Å². The highest BCUT2D eigenvalue weighted by Crippen LogP contribution is 2.38. The molecule has 1 aromatic heterocycles. The number of rotatable bonds is 2. The maximum absolute atomic E-state index is 12.2. The maximum Gasteiger partial charge on any atom is 0.299 e. The monoisotopic (exact) mass is 387 g/mol. The summed E-state index contributed by atoms with van der Waals surface area (Å²) >= 11 is 3.24. The van der Waals surface area contributed by atoms with Crippen molar-refractivity contribution < 1.29 is 15.0 Å². The molecule has 1 heterocycles. The third-order valence-electron chi connectivity index (χ3n) is 3.73. The highest BCUT2D eigenvalue weighted by molar-refractivity contribution is 9.10. The Hall–Kier alpha value is -2.67. The fourth-order valence-corrected chi connectivity index (χ4v) is 2.81. The Morgan fingerprint density at radius 3 is 2.67 bits per heavy atom. The number of amides is 1. The number of fused-ring (bicyclic) bond motifs is 1. The van der Waals surface area contributed by atoms with E-state index in [9.17, 15) is 15.0 Å². The number of hydrogen-bond acceptors (Lipinski definition) is 4. The molecule has 0 unspecified atom stereocenters. The summed E-state index contributed by atoms with van der Waals surface area (Å²) in [5.74, 6) is -0.955. The van der Waals surface area contributed by atoms with Gasteiger partial charge in [-0.25, -0.2) is 0 Å². The van der Waals surface area contributed by atoms with Gasteiger partial charge < -0.3 is 14.8 Å². The van der Waals surface area contributed by atoms with E-state index < -0.39 is 5.91 Å². The number of carbonyl (C=O) groups excluding carboxylic acids is 1. The first-order valence-corrected chi connectivity index (χ1v) is 7.90. The molecule has 24 heavy (non-hydrogen) atoms. The number of nitrogens with zero attached hydrogens (tertiary/aromatic N) is 3. The fraction of sp³-hybridized carbons (Fsp3) is 0.118. The number of phenols is 1. The Kier molecular flexibility index (Phi) is 4.11. The first kappa shape index (κ1) is 16.2. The number of aromatic nitrogens is 1. The van der Waals surface area contributed by atoms with Crippen LogP contribution >= 0.6 is 15.9 Å². The minimum absolute atomic E-state index is 0.0315. The van der Waals surface area contributed by atoms with Gasteiger partial charge in [-0.1, -0.05) is 27.6 Å². The van der Waals surface area contributed by atoms with Gasteiger partial charge in [0.15, 0.2) is 5.69 Å². The SMILES string of the molecule is Cc1ccc2c(c1)c(N=NC(=O)c1cc(Br)ccc1O)c(O)n2C. The van der Waals surface area contributed by atoms with Gasteiger partial charge in [0.1, 0.15) is 5.75 Å². The lowest BCUT2D eigenvalue weighted by molar-refractivity contribution is 0.0992. The summed E-state index contributed by atoms with van der Waals surface area (Å²) < 4.78 is 2.21. The summed E-state index contributed by atoms with van der Waals surface area (Å²) in [6, 6.07) is 10.1. The van der Waals surface area contributed by atoms with Gasteiger partial charge in [0.25, 0.3) is 5.91 Å². The van der Waals surface area contributed by atoms with Crippen LogP contribution in [-0.2, 0) is 7.05 Å². The van der Waals surface area contributed by atoms with Crippen molar-refractivity contribution in [1.82, 2.24) is 4.57 Å². The summed E-state index contributed by atoms with van der Waals surface area (Å²) in [6.45, 7) is 1.93. The molecule has 122 valence electrons. The molecular weight excluding hydrogens is 374 g/mol. The minimum Gasteiger partial charge on any atom is -0.507 e. The Balaban J connectivity index is 2.05. The van der Waals surface area contributed by atoms with Gasteiger partial charge in [-0.05, 0) is 37.3 Å². The molecule has 0 bridgehead atoms. The van der Waals surface area contributed by atoms with Crippen LogP contribution in [-0.4, -0.2) is 20.7 Å². The topological polar surface area (TPSA) is 87.2 Å². The van der Waals surface area contributed by atoms with Crippen LogP contribution in [0, 0.1) is 6.92 Å². The van der Waals surface area contributed by atoms with Crippen LogP contribution in [0.4, 0.5) is 5.69 Å². The largest absolute Gasteiger partial charge is 0.507 e. The smallest absolute Gasteiger partial charge is 0.299 e. The molecule has 1 amide bonds. The van der Waals surface area contributed by atoms with E-state index in [4.69, 9.17) is 0 Å². The Bertz CT molecular complexity index is 992. The van der Waals surface area contributed by atoms with Crippen molar-refractivity contribution in [3.8, 4) is 11.6 Å². The van der Waals surface area contributed by atoms with E-state index in [1.807, 2.05) is 25.1 Å². The number of phenolic OH excluding ortho intramolecular Hbond substituents is 1. The number of aromatic hydroxyl groups is 2. The Morgan fingerprint density at radius 1 is 1.17 bits per heavy atom. The van der Waals surface area contributed by atoms with Crippen molar-refractivity contribution in [1.29, 1.82) is 0 Å². The number of benzene rings is 2. The fourth-order valence-electron chi connectivity index (χ4n) is 2.45. The molecular formula is C17H14BrN3O3. The zero-order valence-corrected chi connectivity index (χ0v) is 14.6. The number of carbonyl (C=O) groups is 1. The van der Waals surface area contributed by atoms with E-state index in [1.165, 1.54) is 12.1 Å². The molecule has 2 N–H and O–H groups in total. The number of aryl methyl sites for hydroxylation is 2. The zero-order chi connectivity index (χ0) is 17.4. The second-order valence-corrected chi connectivity index (χ2v) is 6.33. The lowest BCUT2D eigenvalue weighted by Gasteiger charge is -2.00. The predicted octanol–water partition coefficient (Wildman–Crippen LogP) is 4.58. The molecule has 0 aliphatic rings. The predicted molar refractivity (Wildman–Crippen MR) is 94.0 cm³/mol. The Labute approximate surface area is 146 Å². The molecule has 0 aliphatic carbocycles. The highest BCUT2D eigenvalue weighted by Gasteiger charge is 2.16. The van der Waals surface area contributed by atoms with Gasteiger partial charge in [0, 0.05) is 16.9 Å². The van der Waals surface area contributed by atoms with Crippen molar-refractivity contribution in [3.05, 3.63) is 52.0 Å². The maximum atomic E-state index is 12.2. The van der Waals surface area contributed by atoms with Crippen LogP contribution in [0.2, 0.25) is 0 Å². The Morgan fingerprint density at radius 2 is 1.92 bits per heavy atom. The van der Waals surface area contributed by atoms with E-state index in [0.717, 1.165) is 11.1 Å². The van der Waals surface area contributed by atoms with E-state index in [0.29, 0.717) is 9.86 Å². The van der Waals surface area contributed by atoms with Crippen LogP contribution in [0.3, 0.4) is 0 Å². The van der Waals surface area contributed by atoms with Crippen molar-refractivity contribution >= 4 is 38.4 Å². The van der Waals surface area contributed by atoms with Gasteiger partial charge in [0.05, 0.1) is 11.1 Å². The minimum atomic E-state index is -0.696. The van der Waals surface area contributed by atoms with Crippen LogP contribution in [0.1, 0.15) is 15.9 Å². The van der Waals surface area contributed by atoms with Gasteiger partial charge in [-0.15, -0.1) is 10.2 Å². The highest BCUT2D eigenvalue weighted by atomic mass is 79.9. The lowest BCUT2D eigenvalue weighted by Crippen LogP contribution is -1.94. The first-order valence-electron chi connectivity index (χ1n) is 7.11.